The zero-order chi connectivity index (χ0) is 10.4. The van der Waals surface area contributed by atoms with E-state index in [0.717, 1.165) is 18.5 Å². The molecule has 74 valence electrons. The molecule has 0 spiro atoms. The summed E-state index contributed by atoms with van der Waals surface area (Å²) in [5.74, 6) is 0. The average Bonchev–Trinajstić information content (AvgIpc) is 2.21. The van der Waals surface area contributed by atoms with Gasteiger partial charge in [0.2, 0.25) is 0 Å². The second kappa shape index (κ2) is 5.64. The maximum atomic E-state index is 8.96. The summed E-state index contributed by atoms with van der Waals surface area (Å²) in [4.78, 5) is 0. The van der Waals surface area contributed by atoms with Crippen LogP contribution in [0.15, 0.2) is 24.3 Å². The van der Waals surface area contributed by atoms with E-state index in [9.17, 15) is 0 Å². The number of rotatable bonds is 4. The van der Waals surface area contributed by atoms with Gasteiger partial charge in [-0.15, -0.1) is 0 Å². The van der Waals surface area contributed by atoms with Gasteiger partial charge in [0.25, 0.3) is 0 Å². The smallest absolute Gasteiger partial charge is 0.122 e. The molecule has 1 rings (SSSR count). The van der Waals surface area contributed by atoms with Crippen molar-refractivity contribution in [2.45, 2.75) is 19.4 Å². The van der Waals surface area contributed by atoms with Crippen molar-refractivity contribution < 1.29 is 0 Å². The van der Waals surface area contributed by atoms with E-state index in [-0.39, 0.29) is 6.04 Å². The molecule has 0 fully saturated rings. The number of nitrogens with zero attached hydrogens (tertiary/aromatic N) is 1. The number of hydrogen-bond acceptors (Lipinski definition) is 2. The summed E-state index contributed by atoms with van der Waals surface area (Å²) in [5, 5.41) is 12.7. The maximum Gasteiger partial charge on any atom is 0.122 e. The lowest BCUT2D eigenvalue weighted by atomic mass is 10.1. The minimum absolute atomic E-state index is 0.302. The molecule has 0 amide bonds. The highest BCUT2D eigenvalue weighted by Crippen LogP contribution is 2.21. The van der Waals surface area contributed by atoms with E-state index < -0.39 is 0 Å². The zero-order valence-corrected chi connectivity index (χ0v) is 8.88. The summed E-state index contributed by atoms with van der Waals surface area (Å²) in [6, 6.07) is 9.32. The first kappa shape index (κ1) is 11.0. The minimum atomic E-state index is -0.302. The van der Waals surface area contributed by atoms with Crippen LogP contribution in [0, 0.1) is 11.3 Å². The molecule has 2 nitrogen and oxygen atoms in total. The summed E-state index contributed by atoms with van der Waals surface area (Å²) in [5.41, 5.74) is 0.852. The van der Waals surface area contributed by atoms with Crippen LogP contribution < -0.4 is 5.32 Å². The third-order valence-electron chi connectivity index (χ3n) is 1.94. The summed E-state index contributed by atoms with van der Waals surface area (Å²) in [6.07, 6.45) is 1.00. The number of halogens is 1. The molecule has 0 aliphatic heterocycles. The van der Waals surface area contributed by atoms with Crippen LogP contribution in [0.4, 0.5) is 0 Å². The van der Waals surface area contributed by atoms with Crippen molar-refractivity contribution in [2.24, 2.45) is 0 Å². The molecule has 1 atom stereocenters. The van der Waals surface area contributed by atoms with Crippen molar-refractivity contribution in [1.82, 2.24) is 5.32 Å². The van der Waals surface area contributed by atoms with Crippen LogP contribution in [-0.2, 0) is 0 Å². The van der Waals surface area contributed by atoms with Gasteiger partial charge in [0.15, 0.2) is 0 Å². The Morgan fingerprint density at radius 2 is 2.21 bits per heavy atom. The minimum Gasteiger partial charge on any atom is -0.298 e. The van der Waals surface area contributed by atoms with Crippen molar-refractivity contribution in [3.05, 3.63) is 34.9 Å². The van der Waals surface area contributed by atoms with E-state index in [1.54, 1.807) is 6.07 Å². The topological polar surface area (TPSA) is 35.8 Å². The van der Waals surface area contributed by atoms with Crippen molar-refractivity contribution in [3.63, 3.8) is 0 Å². The second-order valence-electron chi connectivity index (χ2n) is 3.04. The quantitative estimate of drug-likeness (QED) is 0.826. The molecule has 0 saturated carbocycles. The van der Waals surface area contributed by atoms with Crippen LogP contribution >= 0.6 is 11.6 Å². The molecule has 0 aliphatic rings. The van der Waals surface area contributed by atoms with Crippen LogP contribution in [0.2, 0.25) is 5.02 Å². The molecular weight excluding hydrogens is 196 g/mol. The first-order valence-electron chi connectivity index (χ1n) is 4.67. The number of benzene rings is 1. The van der Waals surface area contributed by atoms with Crippen LogP contribution in [0.3, 0.4) is 0 Å². The molecule has 0 unspecified atom stereocenters. The molecule has 1 aromatic carbocycles. The van der Waals surface area contributed by atoms with Gasteiger partial charge in [-0.3, -0.25) is 5.32 Å². The lowest BCUT2D eigenvalue weighted by Gasteiger charge is -2.12. The Labute approximate surface area is 89.5 Å². The number of nitrogens with one attached hydrogen (secondary N) is 1. The largest absolute Gasteiger partial charge is 0.298 e. The summed E-state index contributed by atoms with van der Waals surface area (Å²) in [6.45, 7) is 2.89. The summed E-state index contributed by atoms with van der Waals surface area (Å²) < 4.78 is 0. The van der Waals surface area contributed by atoms with E-state index in [4.69, 9.17) is 16.9 Å². The molecule has 0 heterocycles. The molecule has 0 bridgehead atoms. The third kappa shape index (κ3) is 2.73. The Bertz CT molecular complexity index is 330. The predicted molar refractivity (Wildman–Crippen MR) is 58.1 cm³/mol. The van der Waals surface area contributed by atoms with Gasteiger partial charge in [0.1, 0.15) is 6.04 Å². The highest BCUT2D eigenvalue weighted by molar-refractivity contribution is 6.31. The normalized spacial score (nSPS) is 12.1. The number of hydrogen-bond donors (Lipinski definition) is 1. The van der Waals surface area contributed by atoms with E-state index in [1.807, 2.05) is 18.2 Å². The Kier molecular flexibility index (Phi) is 4.45. The average molecular weight is 209 g/mol. The Hall–Kier alpha value is -1.04. The molecular formula is C11H13ClN2. The van der Waals surface area contributed by atoms with Crippen molar-refractivity contribution in [3.8, 4) is 6.07 Å². The van der Waals surface area contributed by atoms with E-state index in [2.05, 4.69) is 18.3 Å². The lowest BCUT2D eigenvalue weighted by molar-refractivity contribution is 0.621. The van der Waals surface area contributed by atoms with Crippen LogP contribution in [0.1, 0.15) is 24.9 Å². The van der Waals surface area contributed by atoms with Gasteiger partial charge in [0, 0.05) is 10.6 Å². The van der Waals surface area contributed by atoms with Gasteiger partial charge in [-0.05, 0) is 19.0 Å². The molecule has 1 N–H and O–H groups in total. The molecule has 0 saturated heterocycles. The Balaban J connectivity index is 2.80. The SMILES string of the molecule is CCCN[C@@H](C#N)c1ccccc1Cl. The van der Waals surface area contributed by atoms with Crippen molar-refractivity contribution in [2.75, 3.05) is 6.54 Å². The van der Waals surface area contributed by atoms with Gasteiger partial charge >= 0.3 is 0 Å². The Morgan fingerprint density at radius 3 is 2.79 bits per heavy atom. The predicted octanol–water partition coefficient (Wildman–Crippen LogP) is 2.90. The molecule has 1 aromatic rings. The second-order valence-corrected chi connectivity index (χ2v) is 3.44. The lowest BCUT2D eigenvalue weighted by Crippen LogP contribution is -2.20. The van der Waals surface area contributed by atoms with E-state index in [1.165, 1.54) is 0 Å². The fraction of sp³-hybridized carbons (Fsp3) is 0.364. The van der Waals surface area contributed by atoms with Crippen molar-refractivity contribution >= 4 is 11.6 Å². The molecule has 0 aliphatic carbocycles. The van der Waals surface area contributed by atoms with Gasteiger partial charge in [0.05, 0.1) is 6.07 Å². The van der Waals surface area contributed by atoms with Gasteiger partial charge in [-0.25, -0.2) is 0 Å². The number of nitriles is 1. The van der Waals surface area contributed by atoms with E-state index in [0.29, 0.717) is 5.02 Å². The molecule has 0 aromatic heterocycles. The highest BCUT2D eigenvalue weighted by Gasteiger charge is 2.11. The van der Waals surface area contributed by atoms with E-state index >= 15 is 0 Å². The van der Waals surface area contributed by atoms with Gasteiger partial charge in [-0.2, -0.15) is 5.26 Å². The summed E-state index contributed by atoms with van der Waals surface area (Å²) >= 11 is 5.99. The highest BCUT2D eigenvalue weighted by atomic mass is 35.5. The monoisotopic (exact) mass is 208 g/mol. The molecule has 3 heteroatoms. The summed E-state index contributed by atoms with van der Waals surface area (Å²) in [7, 11) is 0. The fourth-order valence-electron chi connectivity index (χ4n) is 1.22. The fourth-order valence-corrected chi connectivity index (χ4v) is 1.47. The third-order valence-corrected chi connectivity index (χ3v) is 2.29. The van der Waals surface area contributed by atoms with Crippen molar-refractivity contribution in [1.29, 1.82) is 5.26 Å². The molecule has 0 radical (unpaired) electrons. The van der Waals surface area contributed by atoms with Gasteiger partial charge in [-0.1, -0.05) is 36.7 Å². The first-order chi connectivity index (χ1) is 6.79. The maximum absolute atomic E-state index is 8.96. The van der Waals surface area contributed by atoms with Crippen LogP contribution in [0.25, 0.3) is 0 Å². The van der Waals surface area contributed by atoms with Gasteiger partial charge < -0.3 is 0 Å². The molecule has 14 heavy (non-hydrogen) atoms. The standard InChI is InChI=1S/C11H13ClN2/c1-2-7-14-11(8-13)9-5-3-4-6-10(9)12/h3-6,11,14H,2,7H2,1H3/t11-/m0/s1. The van der Waals surface area contributed by atoms with Crippen LogP contribution in [-0.4, -0.2) is 6.54 Å². The van der Waals surface area contributed by atoms with Crippen LogP contribution in [0.5, 0.6) is 0 Å². The first-order valence-corrected chi connectivity index (χ1v) is 5.04. The Morgan fingerprint density at radius 1 is 1.50 bits per heavy atom. The zero-order valence-electron chi connectivity index (χ0n) is 8.13.